The molecule has 3 rings (SSSR count). The minimum atomic E-state index is -0.346. The van der Waals surface area contributed by atoms with Gasteiger partial charge < -0.3 is 4.90 Å². The van der Waals surface area contributed by atoms with Gasteiger partial charge in [-0.2, -0.15) is 5.10 Å². The quantitative estimate of drug-likeness (QED) is 0.768. The molecule has 0 fully saturated rings. The average Bonchev–Trinajstić information content (AvgIpc) is 2.85. The minimum Gasteiger partial charge on any atom is -0.305 e. The number of carbonyl (C=O) groups is 2. The lowest BCUT2D eigenvalue weighted by atomic mass is 10.2. The third kappa shape index (κ3) is 1.91. The van der Waals surface area contributed by atoms with Crippen molar-refractivity contribution in [3.05, 3.63) is 47.5 Å². The summed E-state index contributed by atoms with van der Waals surface area (Å²) < 4.78 is 14.4. The molecule has 2 aromatic rings. The van der Waals surface area contributed by atoms with Crippen molar-refractivity contribution >= 4 is 17.9 Å². The van der Waals surface area contributed by atoms with E-state index in [-0.39, 0.29) is 17.4 Å². The molecule has 0 bridgehead atoms. The van der Waals surface area contributed by atoms with E-state index in [0.29, 0.717) is 30.8 Å². The van der Waals surface area contributed by atoms with Gasteiger partial charge in [0, 0.05) is 12.2 Å². The Labute approximate surface area is 108 Å². The number of halogens is 1. The molecule has 1 amide bonds. The Morgan fingerprint density at radius 2 is 1.95 bits per heavy atom. The second kappa shape index (κ2) is 4.31. The van der Waals surface area contributed by atoms with Crippen LogP contribution in [0.2, 0.25) is 0 Å². The molecule has 0 saturated carbocycles. The molecule has 0 spiro atoms. The van der Waals surface area contributed by atoms with Gasteiger partial charge in [0.2, 0.25) is 0 Å². The topological polar surface area (TPSA) is 55.2 Å². The van der Waals surface area contributed by atoms with E-state index in [4.69, 9.17) is 0 Å². The zero-order valence-corrected chi connectivity index (χ0v) is 9.91. The van der Waals surface area contributed by atoms with Gasteiger partial charge in [-0.05, 0) is 30.3 Å². The van der Waals surface area contributed by atoms with Gasteiger partial charge in [0.25, 0.3) is 5.91 Å². The molecule has 6 heteroatoms. The fourth-order valence-electron chi connectivity index (χ4n) is 2.14. The van der Waals surface area contributed by atoms with Crippen LogP contribution in [0.4, 0.5) is 10.1 Å². The number of aromatic nitrogens is 2. The maximum absolute atomic E-state index is 12.9. The summed E-state index contributed by atoms with van der Waals surface area (Å²) in [6.07, 6.45) is 0.612. The normalized spacial score (nSPS) is 14.4. The molecule has 1 aromatic carbocycles. The Kier molecular flexibility index (Phi) is 2.63. The van der Waals surface area contributed by atoms with Crippen LogP contribution in [-0.4, -0.2) is 28.5 Å². The van der Waals surface area contributed by atoms with Gasteiger partial charge in [0.1, 0.15) is 17.2 Å². The van der Waals surface area contributed by atoms with E-state index < -0.39 is 0 Å². The number of hydrogen-bond donors (Lipinski definition) is 0. The Hall–Kier alpha value is -2.50. The molecule has 1 aliphatic heterocycles. The Morgan fingerprint density at radius 1 is 1.21 bits per heavy atom. The summed E-state index contributed by atoms with van der Waals surface area (Å²) in [7, 11) is 0. The lowest BCUT2D eigenvalue weighted by Gasteiger charge is -2.27. The van der Waals surface area contributed by atoms with Crippen LogP contribution in [-0.2, 0) is 6.54 Å². The highest BCUT2D eigenvalue weighted by Crippen LogP contribution is 2.21. The molecule has 0 aliphatic carbocycles. The van der Waals surface area contributed by atoms with Gasteiger partial charge in [0.05, 0.1) is 6.54 Å². The van der Waals surface area contributed by atoms with Crippen LogP contribution in [0.5, 0.6) is 0 Å². The summed E-state index contributed by atoms with van der Waals surface area (Å²) in [5.74, 6) is -0.583. The lowest BCUT2D eigenvalue weighted by molar-refractivity contribution is 0.0961. The summed E-state index contributed by atoms with van der Waals surface area (Å²) in [4.78, 5) is 24.5. The Morgan fingerprint density at radius 3 is 2.63 bits per heavy atom. The van der Waals surface area contributed by atoms with Crippen LogP contribution in [0, 0.1) is 5.82 Å². The largest absolute Gasteiger partial charge is 0.305 e. The van der Waals surface area contributed by atoms with Crippen LogP contribution in [0.15, 0.2) is 30.3 Å². The third-order valence-corrected chi connectivity index (χ3v) is 3.06. The first-order valence-corrected chi connectivity index (χ1v) is 5.79. The van der Waals surface area contributed by atoms with Crippen LogP contribution in [0.3, 0.4) is 0 Å². The summed E-state index contributed by atoms with van der Waals surface area (Å²) in [6.45, 7) is 0.948. The zero-order chi connectivity index (χ0) is 13.4. The van der Waals surface area contributed by atoms with Crippen molar-refractivity contribution in [3.63, 3.8) is 0 Å². The van der Waals surface area contributed by atoms with E-state index in [9.17, 15) is 14.0 Å². The monoisotopic (exact) mass is 259 g/mol. The smallest absolute Gasteiger partial charge is 0.276 e. The van der Waals surface area contributed by atoms with Crippen LogP contribution < -0.4 is 4.90 Å². The number of aldehydes is 1. The molecular formula is C13H10FN3O2. The minimum absolute atomic E-state index is 0.238. The predicted molar refractivity (Wildman–Crippen MR) is 65.7 cm³/mol. The molecule has 2 heterocycles. The van der Waals surface area contributed by atoms with Crippen molar-refractivity contribution in [1.29, 1.82) is 0 Å². The van der Waals surface area contributed by atoms with Gasteiger partial charge in [-0.25, -0.2) is 4.39 Å². The molecule has 1 aliphatic rings. The van der Waals surface area contributed by atoms with Crippen molar-refractivity contribution in [2.45, 2.75) is 6.54 Å². The highest BCUT2D eigenvalue weighted by atomic mass is 19.1. The summed E-state index contributed by atoms with van der Waals surface area (Å²) >= 11 is 0. The van der Waals surface area contributed by atoms with E-state index in [1.165, 1.54) is 22.9 Å². The number of rotatable bonds is 2. The Bertz CT molecular complexity index is 648. The van der Waals surface area contributed by atoms with Crippen LogP contribution in [0.1, 0.15) is 21.0 Å². The number of carbonyl (C=O) groups excluding carboxylic acids is 2. The first-order chi connectivity index (χ1) is 9.19. The number of fused-ring (bicyclic) bond motifs is 1. The third-order valence-electron chi connectivity index (χ3n) is 3.06. The molecule has 0 atom stereocenters. The van der Waals surface area contributed by atoms with E-state index in [1.807, 2.05) is 0 Å². The first kappa shape index (κ1) is 11.6. The van der Waals surface area contributed by atoms with Crippen molar-refractivity contribution in [2.24, 2.45) is 0 Å². The number of amides is 1. The van der Waals surface area contributed by atoms with Crippen molar-refractivity contribution in [1.82, 2.24) is 9.78 Å². The zero-order valence-electron chi connectivity index (χ0n) is 9.91. The van der Waals surface area contributed by atoms with Gasteiger partial charge in [-0.1, -0.05) is 0 Å². The highest BCUT2D eigenvalue weighted by Gasteiger charge is 2.27. The van der Waals surface area contributed by atoms with Crippen molar-refractivity contribution in [3.8, 4) is 0 Å². The van der Waals surface area contributed by atoms with Crippen LogP contribution in [0.25, 0.3) is 0 Å². The predicted octanol–water partition coefficient (Wildman–Crippen LogP) is 1.50. The van der Waals surface area contributed by atoms with Gasteiger partial charge in [-0.3, -0.25) is 14.3 Å². The summed E-state index contributed by atoms with van der Waals surface area (Å²) in [5.41, 5.74) is 1.24. The van der Waals surface area contributed by atoms with E-state index in [1.54, 1.807) is 17.0 Å². The van der Waals surface area contributed by atoms with Gasteiger partial charge >= 0.3 is 0 Å². The summed E-state index contributed by atoms with van der Waals surface area (Å²) in [5, 5.41) is 4.00. The Balaban J connectivity index is 1.96. The fraction of sp³-hybridized carbons (Fsp3) is 0.154. The van der Waals surface area contributed by atoms with E-state index >= 15 is 0 Å². The SMILES string of the molecule is O=Cc1cc2n(n1)CCN(c1ccc(F)cc1)C2=O. The lowest BCUT2D eigenvalue weighted by Crippen LogP contribution is -2.40. The van der Waals surface area contributed by atoms with E-state index in [0.717, 1.165) is 0 Å². The standard InChI is InChI=1S/C13H10FN3O2/c14-9-1-3-11(4-2-9)16-5-6-17-12(13(16)19)7-10(8-18)15-17/h1-4,7-8H,5-6H2. The summed E-state index contributed by atoms with van der Waals surface area (Å²) in [6, 6.07) is 7.20. The average molecular weight is 259 g/mol. The number of hydrogen-bond acceptors (Lipinski definition) is 3. The number of anilines is 1. The molecule has 19 heavy (non-hydrogen) atoms. The maximum atomic E-state index is 12.9. The second-order valence-corrected chi connectivity index (χ2v) is 4.23. The molecule has 96 valence electrons. The van der Waals surface area contributed by atoms with Crippen molar-refractivity contribution in [2.75, 3.05) is 11.4 Å². The van der Waals surface area contributed by atoms with Crippen LogP contribution >= 0.6 is 0 Å². The maximum Gasteiger partial charge on any atom is 0.276 e. The molecule has 0 unspecified atom stereocenters. The first-order valence-electron chi connectivity index (χ1n) is 5.79. The second-order valence-electron chi connectivity index (χ2n) is 4.23. The molecular weight excluding hydrogens is 249 g/mol. The van der Waals surface area contributed by atoms with E-state index in [2.05, 4.69) is 5.10 Å². The number of benzene rings is 1. The number of nitrogens with zero attached hydrogens (tertiary/aromatic N) is 3. The van der Waals surface area contributed by atoms with Gasteiger partial charge in [0.15, 0.2) is 6.29 Å². The molecule has 1 aromatic heterocycles. The highest BCUT2D eigenvalue weighted by molar-refractivity contribution is 6.06. The van der Waals surface area contributed by atoms with Crippen molar-refractivity contribution < 1.29 is 14.0 Å². The molecule has 0 radical (unpaired) electrons. The fourth-order valence-corrected chi connectivity index (χ4v) is 2.14. The molecule has 0 saturated heterocycles. The molecule has 5 nitrogen and oxygen atoms in total. The molecule has 0 N–H and O–H groups in total. The van der Waals surface area contributed by atoms with Gasteiger partial charge in [-0.15, -0.1) is 0 Å².